The third-order valence-electron chi connectivity index (χ3n) is 3.42. The summed E-state index contributed by atoms with van der Waals surface area (Å²) in [5.41, 5.74) is 2.08. The molecule has 0 aliphatic carbocycles. The van der Waals surface area contributed by atoms with Gasteiger partial charge in [0.1, 0.15) is 0 Å². The van der Waals surface area contributed by atoms with E-state index in [9.17, 15) is 14.7 Å². The molecule has 0 spiro atoms. The standard InChI is InChI=1S/C17H13NO3/c19-15(20)10-13-12-8-4-5-9-14(12)18-17(21)16(13)11-6-2-1-3-7-11/h1-9H,10H2,(H,18,21)(H,19,20). The third-order valence-corrected chi connectivity index (χ3v) is 3.42. The van der Waals surface area contributed by atoms with Crippen LogP contribution in [0.1, 0.15) is 5.56 Å². The van der Waals surface area contributed by atoms with Crippen molar-refractivity contribution in [2.45, 2.75) is 6.42 Å². The van der Waals surface area contributed by atoms with Gasteiger partial charge < -0.3 is 10.1 Å². The predicted octanol–water partition coefficient (Wildman–Crippen LogP) is 2.82. The largest absolute Gasteiger partial charge is 0.481 e. The Labute approximate surface area is 120 Å². The van der Waals surface area contributed by atoms with Crippen LogP contribution in [0.15, 0.2) is 59.4 Å². The monoisotopic (exact) mass is 279 g/mol. The summed E-state index contributed by atoms with van der Waals surface area (Å²) < 4.78 is 0. The summed E-state index contributed by atoms with van der Waals surface area (Å²) in [7, 11) is 0. The number of nitrogens with one attached hydrogen (secondary N) is 1. The van der Waals surface area contributed by atoms with Gasteiger partial charge in [-0.1, -0.05) is 48.5 Å². The van der Waals surface area contributed by atoms with Gasteiger partial charge in [0.25, 0.3) is 5.56 Å². The summed E-state index contributed by atoms with van der Waals surface area (Å²) in [4.78, 5) is 26.4. The van der Waals surface area contributed by atoms with Crippen LogP contribution in [-0.4, -0.2) is 16.1 Å². The Morgan fingerprint density at radius 3 is 2.38 bits per heavy atom. The Hall–Kier alpha value is -2.88. The van der Waals surface area contributed by atoms with Crippen LogP contribution >= 0.6 is 0 Å². The highest BCUT2D eigenvalue weighted by atomic mass is 16.4. The number of fused-ring (bicyclic) bond motifs is 1. The molecule has 0 saturated carbocycles. The summed E-state index contributed by atoms with van der Waals surface area (Å²) >= 11 is 0. The van der Waals surface area contributed by atoms with Gasteiger partial charge in [0.05, 0.1) is 12.0 Å². The maximum Gasteiger partial charge on any atom is 0.307 e. The zero-order valence-corrected chi connectivity index (χ0v) is 11.2. The lowest BCUT2D eigenvalue weighted by atomic mass is 9.95. The second-order valence-electron chi connectivity index (χ2n) is 4.79. The molecule has 4 heteroatoms. The number of benzene rings is 2. The van der Waals surface area contributed by atoms with Crippen LogP contribution in [0.4, 0.5) is 0 Å². The number of hydrogen-bond donors (Lipinski definition) is 2. The predicted molar refractivity (Wildman–Crippen MR) is 81.3 cm³/mol. The average Bonchev–Trinajstić information content (AvgIpc) is 2.47. The molecule has 3 aromatic rings. The van der Waals surface area contributed by atoms with Crippen molar-refractivity contribution in [1.29, 1.82) is 0 Å². The Morgan fingerprint density at radius 2 is 1.67 bits per heavy atom. The number of aromatic amines is 1. The molecule has 1 heterocycles. The molecule has 0 radical (unpaired) electrons. The molecule has 104 valence electrons. The lowest BCUT2D eigenvalue weighted by Gasteiger charge is -2.11. The van der Waals surface area contributed by atoms with E-state index in [1.807, 2.05) is 48.5 Å². The van der Waals surface area contributed by atoms with Gasteiger partial charge in [0.2, 0.25) is 0 Å². The van der Waals surface area contributed by atoms with E-state index in [2.05, 4.69) is 4.98 Å². The van der Waals surface area contributed by atoms with Crippen LogP contribution < -0.4 is 5.56 Å². The van der Waals surface area contributed by atoms with E-state index in [4.69, 9.17) is 0 Å². The topological polar surface area (TPSA) is 70.2 Å². The first-order valence-corrected chi connectivity index (χ1v) is 6.58. The zero-order chi connectivity index (χ0) is 14.8. The maximum absolute atomic E-state index is 12.4. The van der Waals surface area contributed by atoms with Gasteiger partial charge in [-0.3, -0.25) is 9.59 Å². The highest BCUT2D eigenvalue weighted by Gasteiger charge is 2.16. The molecule has 0 aliphatic rings. The average molecular weight is 279 g/mol. The number of carbonyl (C=O) groups is 1. The minimum absolute atomic E-state index is 0.186. The number of H-pyrrole nitrogens is 1. The quantitative estimate of drug-likeness (QED) is 0.774. The van der Waals surface area contributed by atoms with E-state index in [0.717, 1.165) is 10.9 Å². The molecule has 2 aromatic carbocycles. The van der Waals surface area contributed by atoms with Gasteiger partial charge in [-0.2, -0.15) is 0 Å². The maximum atomic E-state index is 12.4. The molecule has 0 amide bonds. The molecule has 0 aliphatic heterocycles. The summed E-state index contributed by atoms with van der Waals surface area (Å²) in [6.45, 7) is 0. The molecule has 0 bridgehead atoms. The number of rotatable bonds is 3. The van der Waals surface area contributed by atoms with Crippen molar-refractivity contribution < 1.29 is 9.90 Å². The fraction of sp³-hybridized carbons (Fsp3) is 0.0588. The molecule has 21 heavy (non-hydrogen) atoms. The van der Waals surface area contributed by atoms with E-state index >= 15 is 0 Å². The first-order chi connectivity index (χ1) is 10.2. The van der Waals surface area contributed by atoms with Crippen molar-refractivity contribution >= 4 is 16.9 Å². The minimum Gasteiger partial charge on any atom is -0.481 e. The Kier molecular flexibility index (Phi) is 3.28. The number of aliphatic carboxylic acids is 1. The van der Waals surface area contributed by atoms with Crippen LogP contribution in [0.5, 0.6) is 0 Å². The van der Waals surface area contributed by atoms with E-state index in [1.54, 1.807) is 6.07 Å². The Balaban J connectivity index is 2.40. The number of carboxylic acids is 1. The van der Waals surface area contributed by atoms with Crippen LogP contribution in [0.25, 0.3) is 22.0 Å². The molecule has 0 atom stereocenters. The van der Waals surface area contributed by atoms with Gasteiger partial charge in [-0.05, 0) is 17.2 Å². The van der Waals surface area contributed by atoms with Crippen molar-refractivity contribution in [3.63, 3.8) is 0 Å². The van der Waals surface area contributed by atoms with Gasteiger partial charge in [0, 0.05) is 10.9 Å². The highest BCUT2D eigenvalue weighted by molar-refractivity contribution is 5.91. The number of hydrogen-bond acceptors (Lipinski definition) is 2. The lowest BCUT2D eigenvalue weighted by molar-refractivity contribution is -0.136. The van der Waals surface area contributed by atoms with Crippen molar-refractivity contribution in [3.8, 4) is 11.1 Å². The van der Waals surface area contributed by atoms with Crippen molar-refractivity contribution in [1.82, 2.24) is 4.98 Å². The second-order valence-corrected chi connectivity index (χ2v) is 4.79. The Morgan fingerprint density at radius 1 is 1.00 bits per heavy atom. The van der Waals surface area contributed by atoms with E-state index in [0.29, 0.717) is 16.6 Å². The van der Waals surface area contributed by atoms with Crippen molar-refractivity contribution in [2.75, 3.05) is 0 Å². The summed E-state index contributed by atoms with van der Waals surface area (Å²) in [5.74, 6) is -0.956. The number of para-hydroxylation sites is 1. The van der Waals surface area contributed by atoms with Gasteiger partial charge in [-0.15, -0.1) is 0 Å². The smallest absolute Gasteiger partial charge is 0.307 e. The summed E-state index contributed by atoms with van der Waals surface area (Å²) in [5, 5.41) is 9.94. The molecule has 3 rings (SSSR count). The first kappa shape index (κ1) is 13.1. The normalized spacial score (nSPS) is 10.7. The SMILES string of the molecule is O=C(O)Cc1c(-c2ccccc2)c(=O)[nH]c2ccccc12. The number of pyridine rings is 1. The lowest BCUT2D eigenvalue weighted by Crippen LogP contribution is -2.15. The summed E-state index contributed by atoms with van der Waals surface area (Å²) in [6.07, 6.45) is -0.186. The molecule has 0 saturated heterocycles. The molecule has 2 N–H and O–H groups in total. The molecule has 1 aromatic heterocycles. The fourth-order valence-corrected chi connectivity index (χ4v) is 2.56. The van der Waals surface area contributed by atoms with Gasteiger partial charge in [0.15, 0.2) is 0 Å². The van der Waals surface area contributed by atoms with Gasteiger partial charge in [-0.25, -0.2) is 0 Å². The van der Waals surface area contributed by atoms with E-state index in [-0.39, 0.29) is 12.0 Å². The van der Waals surface area contributed by atoms with Crippen molar-refractivity contribution in [2.24, 2.45) is 0 Å². The number of carboxylic acid groups (broad SMARTS) is 1. The van der Waals surface area contributed by atoms with Crippen LogP contribution in [0.3, 0.4) is 0 Å². The van der Waals surface area contributed by atoms with Crippen molar-refractivity contribution in [3.05, 3.63) is 70.5 Å². The van der Waals surface area contributed by atoms with E-state index in [1.165, 1.54) is 0 Å². The minimum atomic E-state index is -0.956. The third kappa shape index (κ3) is 2.43. The second kappa shape index (κ2) is 5.25. The first-order valence-electron chi connectivity index (χ1n) is 6.58. The highest BCUT2D eigenvalue weighted by Crippen LogP contribution is 2.26. The van der Waals surface area contributed by atoms with Gasteiger partial charge >= 0.3 is 5.97 Å². The van der Waals surface area contributed by atoms with Crippen LogP contribution in [0, 0.1) is 0 Å². The summed E-state index contributed by atoms with van der Waals surface area (Å²) in [6, 6.07) is 16.4. The van der Waals surface area contributed by atoms with Crippen LogP contribution in [-0.2, 0) is 11.2 Å². The van der Waals surface area contributed by atoms with E-state index < -0.39 is 5.97 Å². The molecule has 0 unspecified atom stereocenters. The zero-order valence-electron chi connectivity index (χ0n) is 11.2. The molecular weight excluding hydrogens is 266 g/mol. The molecule has 4 nitrogen and oxygen atoms in total. The number of aromatic nitrogens is 1. The molecule has 0 fully saturated rings. The van der Waals surface area contributed by atoms with Crippen LogP contribution in [0.2, 0.25) is 0 Å². The molecular formula is C17H13NO3. The Bertz CT molecular complexity index is 866. The fourth-order valence-electron chi connectivity index (χ4n) is 2.56.